The number of carbonyl (C=O) groups excluding carboxylic acids is 1. The lowest BCUT2D eigenvalue weighted by atomic mass is 10.1. The van der Waals surface area contributed by atoms with E-state index in [2.05, 4.69) is 9.71 Å². The van der Waals surface area contributed by atoms with Gasteiger partial charge in [-0.15, -0.1) is 11.3 Å². The molecule has 0 unspecified atom stereocenters. The Balaban J connectivity index is 1.66. The molecule has 0 radical (unpaired) electrons. The number of amides is 1. The maximum absolute atomic E-state index is 13.2. The quantitative estimate of drug-likeness (QED) is 0.578. The van der Waals surface area contributed by atoms with E-state index in [0.717, 1.165) is 49.2 Å². The van der Waals surface area contributed by atoms with E-state index in [1.165, 1.54) is 17.5 Å². The van der Waals surface area contributed by atoms with Gasteiger partial charge in [-0.1, -0.05) is 6.07 Å². The molecule has 1 aliphatic heterocycles. The van der Waals surface area contributed by atoms with Gasteiger partial charge in [0.15, 0.2) is 0 Å². The Morgan fingerprint density at radius 2 is 1.84 bits per heavy atom. The molecule has 1 aromatic carbocycles. The zero-order chi connectivity index (χ0) is 22.9. The average molecular weight is 473 g/mol. The minimum Gasteiger partial charge on any atom is -0.341 e. The van der Waals surface area contributed by atoms with E-state index >= 15 is 0 Å². The van der Waals surface area contributed by atoms with E-state index in [1.807, 2.05) is 43.2 Å². The van der Waals surface area contributed by atoms with Gasteiger partial charge < -0.3 is 9.47 Å². The number of aryl methyl sites for hydroxylation is 3. The highest BCUT2D eigenvalue weighted by atomic mass is 32.2. The van der Waals surface area contributed by atoms with Crippen LogP contribution in [0.25, 0.3) is 10.7 Å². The summed E-state index contributed by atoms with van der Waals surface area (Å²) >= 11 is 1.44. The van der Waals surface area contributed by atoms with Crippen LogP contribution in [0.4, 0.5) is 5.69 Å². The first-order valence-electron chi connectivity index (χ1n) is 10.7. The van der Waals surface area contributed by atoms with Crippen LogP contribution in [0.2, 0.25) is 0 Å². The normalized spacial score (nSPS) is 14.5. The molecule has 0 saturated carbocycles. The lowest BCUT2D eigenvalue weighted by molar-refractivity contribution is -0.132. The van der Waals surface area contributed by atoms with Crippen molar-refractivity contribution in [3.63, 3.8) is 0 Å². The molecule has 0 aliphatic carbocycles. The van der Waals surface area contributed by atoms with Crippen molar-refractivity contribution in [2.45, 2.75) is 51.5 Å². The van der Waals surface area contributed by atoms with Gasteiger partial charge in [0.1, 0.15) is 16.4 Å². The van der Waals surface area contributed by atoms with Crippen LogP contribution in [0.1, 0.15) is 36.1 Å². The SMILES string of the molecule is Cc1csc(-c2cc(S(=O)(=O)Nc3ccc(C)c(C)c3)cn2CC(=O)N2CCCCC2)n1. The molecule has 1 amide bonds. The standard InChI is InChI=1S/C23H28N4O3S2/c1-16-7-8-19(11-17(16)2)25-32(29,30)20-12-21(23-24-18(3)15-31-23)27(13-20)14-22(28)26-9-5-4-6-10-26/h7-8,11-13,15,25H,4-6,9-10,14H2,1-3H3. The van der Waals surface area contributed by atoms with Crippen LogP contribution < -0.4 is 4.72 Å². The number of hydrogen-bond donors (Lipinski definition) is 1. The fourth-order valence-corrected chi connectivity index (χ4v) is 5.74. The van der Waals surface area contributed by atoms with Gasteiger partial charge in [0, 0.05) is 36.0 Å². The van der Waals surface area contributed by atoms with Crippen LogP contribution in [0, 0.1) is 20.8 Å². The first kappa shape index (κ1) is 22.5. The third-order valence-corrected chi connectivity index (χ3v) is 8.12. The Morgan fingerprint density at radius 3 is 2.50 bits per heavy atom. The van der Waals surface area contributed by atoms with Crippen LogP contribution in [0.5, 0.6) is 0 Å². The largest absolute Gasteiger partial charge is 0.341 e. The van der Waals surface area contributed by atoms with Gasteiger partial charge >= 0.3 is 0 Å². The first-order valence-corrected chi connectivity index (χ1v) is 13.1. The summed E-state index contributed by atoms with van der Waals surface area (Å²) in [6.07, 6.45) is 4.70. The Labute approximate surface area is 193 Å². The Kier molecular flexibility index (Phi) is 6.39. The van der Waals surface area contributed by atoms with Gasteiger partial charge in [-0.05, 0) is 69.4 Å². The minimum atomic E-state index is -3.83. The number of nitrogens with one attached hydrogen (secondary N) is 1. The summed E-state index contributed by atoms with van der Waals surface area (Å²) in [5.74, 6) is 0.000828. The molecule has 0 atom stereocenters. The molecule has 1 aliphatic rings. The summed E-state index contributed by atoms with van der Waals surface area (Å²) in [7, 11) is -3.83. The van der Waals surface area contributed by atoms with E-state index in [0.29, 0.717) is 16.4 Å². The van der Waals surface area contributed by atoms with Gasteiger partial charge in [0.25, 0.3) is 10.0 Å². The molecule has 1 fully saturated rings. The summed E-state index contributed by atoms with van der Waals surface area (Å²) in [6, 6.07) is 7.06. The second-order valence-corrected chi connectivity index (χ2v) is 10.9. The molecule has 170 valence electrons. The number of nitrogens with zero attached hydrogens (tertiary/aromatic N) is 3. The summed E-state index contributed by atoms with van der Waals surface area (Å²) in [5, 5.41) is 2.61. The molecule has 2 aromatic heterocycles. The van der Waals surface area contributed by atoms with Crippen molar-refractivity contribution >= 4 is 33.0 Å². The molecule has 0 bridgehead atoms. The third-order valence-electron chi connectivity index (χ3n) is 5.79. The van der Waals surface area contributed by atoms with Crippen molar-refractivity contribution < 1.29 is 13.2 Å². The van der Waals surface area contributed by atoms with Crippen molar-refractivity contribution in [2.24, 2.45) is 0 Å². The lowest BCUT2D eigenvalue weighted by Gasteiger charge is -2.27. The minimum absolute atomic E-state index is 0.000828. The molecule has 1 saturated heterocycles. The number of thiazole rings is 1. The Bertz CT molecular complexity index is 1240. The lowest BCUT2D eigenvalue weighted by Crippen LogP contribution is -2.37. The second kappa shape index (κ2) is 9.07. The number of benzene rings is 1. The molecular weight excluding hydrogens is 444 g/mol. The molecule has 4 rings (SSSR count). The van der Waals surface area contributed by atoms with Crippen LogP contribution in [0.15, 0.2) is 40.7 Å². The third kappa shape index (κ3) is 4.88. The van der Waals surface area contributed by atoms with Gasteiger partial charge in [-0.2, -0.15) is 0 Å². The highest BCUT2D eigenvalue weighted by Crippen LogP contribution is 2.29. The van der Waals surface area contributed by atoms with Crippen LogP contribution in [0.3, 0.4) is 0 Å². The Hall–Kier alpha value is -2.65. The number of sulfonamides is 1. The molecule has 32 heavy (non-hydrogen) atoms. The van der Waals surface area contributed by atoms with E-state index in [1.54, 1.807) is 16.7 Å². The van der Waals surface area contributed by atoms with E-state index in [4.69, 9.17) is 0 Å². The molecule has 7 nitrogen and oxygen atoms in total. The van der Waals surface area contributed by atoms with E-state index in [9.17, 15) is 13.2 Å². The summed E-state index contributed by atoms with van der Waals surface area (Å²) in [5.41, 5.74) is 4.11. The number of carbonyl (C=O) groups is 1. The molecule has 3 heterocycles. The zero-order valence-electron chi connectivity index (χ0n) is 18.6. The predicted molar refractivity (Wildman–Crippen MR) is 127 cm³/mol. The number of hydrogen-bond acceptors (Lipinski definition) is 5. The van der Waals surface area contributed by atoms with Crippen LogP contribution in [-0.4, -0.2) is 41.9 Å². The van der Waals surface area contributed by atoms with Crippen molar-refractivity contribution in [1.82, 2.24) is 14.5 Å². The number of anilines is 1. The molecule has 0 spiro atoms. The first-order chi connectivity index (χ1) is 15.2. The molecule has 1 N–H and O–H groups in total. The number of likely N-dealkylation sites (tertiary alicyclic amines) is 1. The maximum Gasteiger partial charge on any atom is 0.263 e. The van der Waals surface area contributed by atoms with E-state index in [-0.39, 0.29) is 17.3 Å². The summed E-state index contributed by atoms with van der Waals surface area (Å²) in [4.78, 5) is 19.4. The Morgan fingerprint density at radius 1 is 1.09 bits per heavy atom. The van der Waals surface area contributed by atoms with Crippen molar-refractivity contribution in [1.29, 1.82) is 0 Å². The van der Waals surface area contributed by atoms with Crippen LogP contribution >= 0.6 is 11.3 Å². The highest BCUT2D eigenvalue weighted by Gasteiger charge is 2.24. The van der Waals surface area contributed by atoms with Crippen LogP contribution in [-0.2, 0) is 21.4 Å². The predicted octanol–water partition coefficient (Wildman–Crippen LogP) is 4.35. The van der Waals surface area contributed by atoms with Crippen molar-refractivity contribution in [2.75, 3.05) is 17.8 Å². The highest BCUT2D eigenvalue weighted by molar-refractivity contribution is 7.92. The maximum atomic E-state index is 13.2. The fourth-order valence-electron chi connectivity index (χ4n) is 3.82. The zero-order valence-corrected chi connectivity index (χ0v) is 20.2. The molecule has 3 aromatic rings. The van der Waals surface area contributed by atoms with Gasteiger partial charge in [0.05, 0.1) is 5.69 Å². The average Bonchev–Trinajstić information content (AvgIpc) is 3.38. The van der Waals surface area contributed by atoms with E-state index < -0.39 is 10.0 Å². The number of rotatable bonds is 6. The van der Waals surface area contributed by atoms with Gasteiger partial charge in [-0.3, -0.25) is 9.52 Å². The summed E-state index contributed by atoms with van der Waals surface area (Å²) in [6.45, 7) is 7.42. The smallest absolute Gasteiger partial charge is 0.263 e. The number of aromatic nitrogens is 2. The fraction of sp³-hybridized carbons (Fsp3) is 0.391. The monoisotopic (exact) mass is 472 g/mol. The topological polar surface area (TPSA) is 84.3 Å². The second-order valence-electron chi connectivity index (χ2n) is 8.33. The summed E-state index contributed by atoms with van der Waals surface area (Å²) < 4.78 is 30.7. The van der Waals surface area contributed by atoms with Crippen molar-refractivity contribution in [3.05, 3.63) is 52.7 Å². The number of piperidine rings is 1. The van der Waals surface area contributed by atoms with Crippen molar-refractivity contribution in [3.8, 4) is 10.7 Å². The van der Waals surface area contributed by atoms with Gasteiger partial charge in [-0.25, -0.2) is 13.4 Å². The molecular formula is C23H28N4O3S2. The van der Waals surface area contributed by atoms with Gasteiger partial charge in [0.2, 0.25) is 5.91 Å². The molecule has 9 heteroatoms.